The van der Waals surface area contributed by atoms with E-state index in [9.17, 15) is 0 Å². The van der Waals surface area contributed by atoms with Crippen LogP contribution in [0.3, 0.4) is 0 Å². The van der Waals surface area contributed by atoms with Crippen LogP contribution in [0.15, 0.2) is 6.20 Å². The van der Waals surface area contributed by atoms with Crippen LogP contribution in [0.5, 0.6) is 0 Å². The van der Waals surface area contributed by atoms with Gasteiger partial charge in [0, 0.05) is 6.04 Å². The van der Waals surface area contributed by atoms with E-state index in [4.69, 9.17) is 17.4 Å². The number of rotatable bonds is 4. The van der Waals surface area contributed by atoms with Crippen LogP contribution in [-0.4, -0.2) is 19.4 Å². The maximum atomic E-state index is 6.22. The van der Waals surface area contributed by atoms with Crippen molar-refractivity contribution in [1.82, 2.24) is 24.8 Å². The maximum Gasteiger partial charge on any atom is 0.102 e. The molecule has 2 heterocycles. The Morgan fingerprint density at radius 3 is 2.72 bits per heavy atom. The normalized spacial score (nSPS) is 13.2. The van der Waals surface area contributed by atoms with Crippen LogP contribution in [0.1, 0.15) is 42.2 Å². The van der Waals surface area contributed by atoms with Crippen molar-refractivity contribution < 1.29 is 0 Å². The molecule has 18 heavy (non-hydrogen) atoms. The van der Waals surface area contributed by atoms with E-state index in [0.29, 0.717) is 5.02 Å². The molecule has 0 saturated carbocycles. The van der Waals surface area contributed by atoms with Gasteiger partial charge in [-0.3, -0.25) is 10.5 Å². The van der Waals surface area contributed by atoms with Gasteiger partial charge in [0.1, 0.15) is 6.04 Å². The number of hydrazine groups is 1. The van der Waals surface area contributed by atoms with Crippen molar-refractivity contribution in [3.8, 4) is 0 Å². The molecule has 0 saturated heterocycles. The molecule has 98 valence electrons. The highest BCUT2D eigenvalue weighted by molar-refractivity contribution is 7.05. The van der Waals surface area contributed by atoms with Crippen molar-refractivity contribution >= 4 is 23.1 Å². The van der Waals surface area contributed by atoms with Gasteiger partial charge in [0.25, 0.3) is 0 Å². The monoisotopic (exact) mass is 286 g/mol. The van der Waals surface area contributed by atoms with Gasteiger partial charge < -0.3 is 0 Å². The Bertz CT molecular complexity index is 534. The number of nitrogens with two attached hydrogens (primary N) is 1. The van der Waals surface area contributed by atoms with Crippen molar-refractivity contribution in [3.05, 3.63) is 27.5 Å². The Balaban J connectivity index is 2.52. The number of aryl methyl sites for hydroxylation is 1. The maximum absolute atomic E-state index is 6.22. The molecule has 0 aromatic carbocycles. The summed E-state index contributed by atoms with van der Waals surface area (Å²) in [5, 5.41) is 8.86. The zero-order valence-electron chi connectivity index (χ0n) is 10.4. The minimum Gasteiger partial charge on any atom is -0.270 e. The first kappa shape index (κ1) is 13.4. The van der Waals surface area contributed by atoms with Gasteiger partial charge >= 0.3 is 0 Å². The Labute approximate surface area is 114 Å². The lowest BCUT2D eigenvalue weighted by Gasteiger charge is -2.19. The summed E-state index contributed by atoms with van der Waals surface area (Å²) < 4.78 is 5.78. The lowest BCUT2D eigenvalue weighted by atomic mass is 10.1. The first-order chi connectivity index (χ1) is 8.56. The van der Waals surface area contributed by atoms with Crippen molar-refractivity contribution in [1.29, 1.82) is 0 Å². The van der Waals surface area contributed by atoms with Crippen LogP contribution in [0.25, 0.3) is 0 Å². The van der Waals surface area contributed by atoms with E-state index in [1.54, 1.807) is 6.20 Å². The van der Waals surface area contributed by atoms with E-state index in [-0.39, 0.29) is 12.1 Å². The van der Waals surface area contributed by atoms with Crippen LogP contribution < -0.4 is 11.3 Å². The zero-order chi connectivity index (χ0) is 13.3. The largest absolute Gasteiger partial charge is 0.270 e. The fourth-order valence-electron chi connectivity index (χ4n) is 1.81. The topological polar surface area (TPSA) is 81.7 Å². The Morgan fingerprint density at radius 2 is 2.22 bits per heavy atom. The number of hydrogen-bond donors (Lipinski definition) is 2. The number of aromatic nitrogens is 4. The van der Waals surface area contributed by atoms with E-state index in [2.05, 4.69) is 20.1 Å². The molecule has 3 N–H and O–H groups in total. The standard InChI is InChI=1S/C10H15ClN6S/c1-5(2)17-9(7(11)4-13-17)8(14-12)10-6(3)15-16-18-10/h4-5,8,14H,12H2,1-3H3. The number of halogens is 1. The second kappa shape index (κ2) is 5.31. The molecule has 1 atom stereocenters. The highest BCUT2D eigenvalue weighted by atomic mass is 35.5. The molecule has 2 aromatic heterocycles. The smallest absolute Gasteiger partial charge is 0.102 e. The fraction of sp³-hybridized carbons (Fsp3) is 0.500. The molecule has 0 aliphatic rings. The summed E-state index contributed by atoms with van der Waals surface area (Å²) in [6.07, 6.45) is 1.63. The lowest BCUT2D eigenvalue weighted by molar-refractivity contribution is 0.478. The van der Waals surface area contributed by atoms with E-state index in [1.165, 1.54) is 11.5 Å². The predicted molar refractivity (Wildman–Crippen MR) is 71.4 cm³/mol. The second-order valence-electron chi connectivity index (χ2n) is 4.24. The molecule has 1 unspecified atom stereocenters. The molecule has 0 amide bonds. The summed E-state index contributed by atoms with van der Waals surface area (Å²) in [5.74, 6) is 5.66. The van der Waals surface area contributed by atoms with Gasteiger partial charge in [-0.25, -0.2) is 5.43 Å². The third kappa shape index (κ3) is 2.26. The lowest BCUT2D eigenvalue weighted by Crippen LogP contribution is -2.31. The molecular weight excluding hydrogens is 272 g/mol. The molecule has 2 rings (SSSR count). The average Bonchev–Trinajstić information content (AvgIpc) is 2.89. The fourth-order valence-corrected chi connectivity index (χ4v) is 2.76. The molecule has 0 radical (unpaired) electrons. The number of hydrogen-bond acceptors (Lipinski definition) is 6. The first-order valence-corrected chi connectivity index (χ1v) is 6.69. The molecule has 2 aromatic rings. The Kier molecular flexibility index (Phi) is 3.96. The highest BCUT2D eigenvalue weighted by Crippen LogP contribution is 2.32. The molecule has 0 aliphatic heterocycles. The van der Waals surface area contributed by atoms with Crippen molar-refractivity contribution in [2.24, 2.45) is 5.84 Å². The summed E-state index contributed by atoms with van der Waals surface area (Å²) in [7, 11) is 0. The Hall–Kier alpha value is -1.02. The minimum atomic E-state index is -0.248. The van der Waals surface area contributed by atoms with Gasteiger partial charge in [-0.15, -0.1) is 5.10 Å². The quantitative estimate of drug-likeness (QED) is 0.662. The molecule has 8 heteroatoms. The molecule has 0 spiro atoms. The van der Waals surface area contributed by atoms with Crippen LogP contribution in [-0.2, 0) is 0 Å². The van der Waals surface area contributed by atoms with E-state index < -0.39 is 0 Å². The van der Waals surface area contributed by atoms with E-state index in [0.717, 1.165) is 16.3 Å². The summed E-state index contributed by atoms with van der Waals surface area (Å²) in [5.41, 5.74) is 4.45. The molecule has 6 nitrogen and oxygen atoms in total. The third-order valence-electron chi connectivity index (χ3n) is 2.67. The summed E-state index contributed by atoms with van der Waals surface area (Å²) in [4.78, 5) is 0.946. The minimum absolute atomic E-state index is 0.199. The summed E-state index contributed by atoms with van der Waals surface area (Å²) in [6, 6.07) is -0.0491. The number of nitrogens with zero attached hydrogens (tertiary/aromatic N) is 4. The summed E-state index contributed by atoms with van der Waals surface area (Å²) >= 11 is 7.52. The molecule has 0 fully saturated rings. The number of nitrogens with one attached hydrogen (secondary N) is 1. The predicted octanol–water partition coefficient (Wildman–Crippen LogP) is 1.83. The zero-order valence-corrected chi connectivity index (χ0v) is 12.0. The van der Waals surface area contributed by atoms with Crippen LogP contribution >= 0.6 is 23.1 Å². The van der Waals surface area contributed by atoms with Gasteiger partial charge in [-0.05, 0) is 32.3 Å². The van der Waals surface area contributed by atoms with Gasteiger partial charge in [0.2, 0.25) is 0 Å². The van der Waals surface area contributed by atoms with E-state index in [1.807, 2.05) is 25.5 Å². The van der Waals surface area contributed by atoms with Gasteiger partial charge in [-0.2, -0.15) is 5.10 Å². The van der Waals surface area contributed by atoms with Crippen LogP contribution in [0, 0.1) is 6.92 Å². The summed E-state index contributed by atoms with van der Waals surface area (Å²) in [6.45, 7) is 5.98. The van der Waals surface area contributed by atoms with Gasteiger partial charge in [0.15, 0.2) is 0 Å². The molecule has 0 bridgehead atoms. The highest BCUT2D eigenvalue weighted by Gasteiger charge is 2.25. The third-order valence-corrected chi connectivity index (χ3v) is 3.85. The molecular formula is C10H15ClN6S. The van der Waals surface area contributed by atoms with Crippen LogP contribution in [0.2, 0.25) is 5.02 Å². The van der Waals surface area contributed by atoms with Crippen molar-refractivity contribution in [2.75, 3.05) is 0 Å². The average molecular weight is 287 g/mol. The van der Waals surface area contributed by atoms with Gasteiger partial charge in [-0.1, -0.05) is 16.1 Å². The van der Waals surface area contributed by atoms with Crippen molar-refractivity contribution in [3.63, 3.8) is 0 Å². The van der Waals surface area contributed by atoms with Gasteiger partial charge in [0.05, 0.1) is 27.5 Å². The first-order valence-electron chi connectivity index (χ1n) is 5.54. The second-order valence-corrected chi connectivity index (χ2v) is 5.43. The van der Waals surface area contributed by atoms with E-state index >= 15 is 0 Å². The molecule has 0 aliphatic carbocycles. The SMILES string of the molecule is Cc1nnsc1C(NN)c1c(Cl)cnn1C(C)C. The van der Waals surface area contributed by atoms with Crippen molar-refractivity contribution in [2.45, 2.75) is 32.9 Å². The Morgan fingerprint density at radius 1 is 1.50 bits per heavy atom. The van der Waals surface area contributed by atoms with Crippen LogP contribution in [0.4, 0.5) is 0 Å².